The summed E-state index contributed by atoms with van der Waals surface area (Å²) < 4.78 is 22.6. The molecule has 0 saturated carbocycles. The van der Waals surface area contributed by atoms with Crippen LogP contribution in [0.2, 0.25) is 0 Å². The molecule has 0 radical (unpaired) electrons. The number of rotatable bonds is 4. The molecule has 0 N–H and O–H groups in total. The minimum absolute atomic E-state index is 0.0232. The number of hydrogen-bond donors (Lipinski definition) is 0. The summed E-state index contributed by atoms with van der Waals surface area (Å²) in [6, 6.07) is 3.51. The maximum Gasteiger partial charge on any atom is 0.344 e. The Morgan fingerprint density at radius 1 is 1.47 bits per heavy atom. The van der Waals surface area contributed by atoms with E-state index in [-0.39, 0.29) is 23.6 Å². The summed E-state index contributed by atoms with van der Waals surface area (Å²) in [6.07, 6.45) is 1.55. The van der Waals surface area contributed by atoms with Crippen molar-refractivity contribution in [2.75, 3.05) is 6.61 Å². The van der Waals surface area contributed by atoms with Gasteiger partial charge in [-0.3, -0.25) is 4.98 Å². The maximum atomic E-state index is 12.8. The third kappa shape index (κ3) is 2.62. The average Bonchev–Trinajstić information content (AvgIpc) is 2.83. The number of aromatic nitrogens is 2. The molecule has 2 aromatic rings. The lowest BCUT2D eigenvalue weighted by Crippen LogP contribution is -2.07. The van der Waals surface area contributed by atoms with Gasteiger partial charge in [0.15, 0.2) is 12.4 Å². The Labute approximate surface area is 109 Å². The third-order valence-electron chi connectivity index (χ3n) is 2.55. The number of pyridine rings is 1. The van der Waals surface area contributed by atoms with Crippen molar-refractivity contribution in [2.24, 2.45) is 0 Å². The molecule has 0 spiro atoms. The van der Waals surface area contributed by atoms with Gasteiger partial charge < -0.3 is 9.26 Å². The molecule has 0 fully saturated rings. The van der Waals surface area contributed by atoms with E-state index in [1.807, 2.05) is 6.92 Å². The van der Waals surface area contributed by atoms with Crippen LogP contribution in [0.1, 0.15) is 28.7 Å². The number of esters is 1. The SMILES string of the molecule is CCOC(=O)c1c(-c2ccc(C)nc2)noc1CF. The Bertz CT molecular complexity index is 578. The van der Waals surface area contributed by atoms with E-state index in [4.69, 9.17) is 9.26 Å². The predicted octanol–water partition coefficient (Wildman–Crippen LogP) is 2.69. The Morgan fingerprint density at radius 3 is 2.84 bits per heavy atom. The van der Waals surface area contributed by atoms with Crippen molar-refractivity contribution in [2.45, 2.75) is 20.5 Å². The van der Waals surface area contributed by atoms with Crippen LogP contribution in [0.3, 0.4) is 0 Å². The number of carbonyl (C=O) groups is 1. The quantitative estimate of drug-likeness (QED) is 0.794. The van der Waals surface area contributed by atoms with Crippen molar-refractivity contribution >= 4 is 5.97 Å². The number of aryl methyl sites for hydroxylation is 1. The van der Waals surface area contributed by atoms with E-state index in [0.29, 0.717) is 5.56 Å². The monoisotopic (exact) mass is 264 g/mol. The normalized spacial score (nSPS) is 10.5. The summed E-state index contributed by atoms with van der Waals surface area (Å²) in [7, 11) is 0. The Kier molecular flexibility index (Phi) is 3.89. The summed E-state index contributed by atoms with van der Waals surface area (Å²) in [5.41, 5.74) is 1.68. The number of hydrogen-bond acceptors (Lipinski definition) is 5. The van der Waals surface area contributed by atoms with Gasteiger partial charge in [0.2, 0.25) is 0 Å². The van der Waals surface area contributed by atoms with Gasteiger partial charge in [0.05, 0.1) is 6.61 Å². The molecule has 0 aliphatic heterocycles. The summed E-state index contributed by atoms with van der Waals surface area (Å²) in [6.45, 7) is 2.79. The van der Waals surface area contributed by atoms with Crippen LogP contribution in [0.25, 0.3) is 11.3 Å². The zero-order valence-corrected chi connectivity index (χ0v) is 10.6. The van der Waals surface area contributed by atoms with Crippen molar-refractivity contribution in [1.82, 2.24) is 10.1 Å². The van der Waals surface area contributed by atoms with Gasteiger partial charge in [0.25, 0.3) is 0 Å². The fraction of sp³-hybridized carbons (Fsp3) is 0.308. The largest absolute Gasteiger partial charge is 0.462 e. The lowest BCUT2D eigenvalue weighted by atomic mass is 10.1. The van der Waals surface area contributed by atoms with E-state index in [1.165, 1.54) is 0 Å². The average molecular weight is 264 g/mol. The fourth-order valence-electron chi connectivity index (χ4n) is 1.63. The van der Waals surface area contributed by atoms with Gasteiger partial charge in [0, 0.05) is 17.5 Å². The highest BCUT2D eigenvalue weighted by Gasteiger charge is 2.25. The smallest absolute Gasteiger partial charge is 0.344 e. The van der Waals surface area contributed by atoms with Crippen LogP contribution in [0, 0.1) is 6.92 Å². The summed E-state index contributed by atoms with van der Waals surface area (Å²) >= 11 is 0. The first-order chi connectivity index (χ1) is 9.17. The van der Waals surface area contributed by atoms with Crippen LogP contribution in [-0.2, 0) is 11.4 Å². The molecule has 2 heterocycles. The van der Waals surface area contributed by atoms with Gasteiger partial charge in [-0.2, -0.15) is 0 Å². The molecular weight excluding hydrogens is 251 g/mol. The maximum absolute atomic E-state index is 12.8. The predicted molar refractivity (Wildman–Crippen MR) is 65.2 cm³/mol. The second-order valence-electron chi connectivity index (χ2n) is 3.87. The number of halogens is 1. The molecule has 2 aromatic heterocycles. The van der Waals surface area contributed by atoms with Crippen LogP contribution in [0.5, 0.6) is 0 Å². The highest BCUT2D eigenvalue weighted by molar-refractivity contribution is 5.97. The standard InChI is InChI=1S/C13H13FN2O3/c1-3-18-13(17)11-10(6-14)19-16-12(11)9-5-4-8(2)15-7-9/h4-5,7H,3,6H2,1-2H3. The Hall–Kier alpha value is -2.24. The first-order valence-electron chi connectivity index (χ1n) is 5.82. The molecule has 6 heteroatoms. The number of alkyl halides is 1. The molecule has 0 aliphatic rings. The highest BCUT2D eigenvalue weighted by Crippen LogP contribution is 2.26. The zero-order valence-electron chi connectivity index (χ0n) is 10.6. The van der Waals surface area contributed by atoms with E-state index < -0.39 is 12.6 Å². The van der Waals surface area contributed by atoms with E-state index in [0.717, 1.165) is 5.69 Å². The topological polar surface area (TPSA) is 65.2 Å². The fourth-order valence-corrected chi connectivity index (χ4v) is 1.63. The lowest BCUT2D eigenvalue weighted by molar-refractivity contribution is 0.0523. The molecule has 0 aromatic carbocycles. The van der Waals surface area contributed by atoms with Gasteiger partial charge in [-0.05, 0) is 26.0 Å². The lowest BCUT2D eigenvalue weighted by Gasteiger charge is -2.03. The second-order valence-corrected chi connectivity index (χ2v) is 3.87. The molecule has 0 bridgehead atoms. The zero-order chi connectivity index (χ0) is 13.8. The molecular formula is C13H13FN2O3. The van der Waals surface area contributed by atoms with Crippen molar-refractivity contribution in [1.29, 1.82) is 0 Å². The molecule has 100 valence electrons. The molecule has 2 rings (SSSR count). The van der Waals surface area contributed by atoms with Crippen LogP contribution in [0.4, 0.5) is 4.39 Å². The highest BCUT2D eigenvalue weighted by atomic mass is 19.1. The van der Waals surface area contributed by atoms with Crippen LogP contribution in [-0.4, -0.2) is 22.7 Å². The van der Waals surface area contributed by atoms with Crippen molar-refractivity contribution < 1.29 is 18.4 Å². The minimum Gasteiger partial charge on any atom is -0.462 e. The molecule has 0 atom stereocenters. The van der Waals surface area contributed by atoms with Crippen LogP contribution < -0.4 is 0 Å². The van der Waals surface area contributed by atoms with Gasteiger partial charge in [-0.1, -0.05) is 5.16 Å². The van der Waals surface area contributed by atoms with Crippen LogP contribution in [0.15, 0.2) is 22.9 Å². The van der Waals surface area contributed by atoms with E-state index in [2.05, 4.69) is 10.1 Å². The summed E-state index contributed by atoms with van der Waals surface area (Å²) in [5.74, 6) is -0.777. The van der Waals surface area contributed by atoms with Gasteiger partial charge in [-0.15, -0.1) is 0 Å². The molecule has 0 aliphatic carbocycles. The van der Waals surface area contributed by atoms with E-state index in [9.17, 15) is 9.18 Å². The first-order valence-corrected chi connectivity index (χ1v) is 5.82. The van der Waals surface area contributed by atoms with Crippen molar-refractivity contribution in [3.8, 4) is 11.3 Å². The van der Waals surface area contributed by atoms with E-state index >= 15 is 0 Å². The number of ether oxygens (including phenoxy) is 1. The second kappa shape index (κ2) is 5.60. The molecule has 19 heavy (non-hydrogen) atoms. The number of carbonyl (C=O) groups excluding carboxylic acids is 1. The Balaban J connectivity index is 2.48. The third-order valence-corrected chi connectivity index (χ3v) is 2.55. The van der Waals surface area contributed by atoms with Crippen molar-refractivity contribution in [3.63, 3.8) is 0 Å². The summed E-state index contributed by atoms with van der Waals surface area (Å²) in [4.78, 5) is 15.9. The van der Waals surface area contributed by atoms with Crippen molar-refractivity contribution in [3.05, 3.63) is 35.3 Å². The van der Waals surface area contributed by atoms with E-state index in [1.54, 1.807) is 25.3 Å². The van der Waals surface area contributed by atoms with Crippen LogP contribution >= 0.6 is 0 Å². The van der Waals surface area contributed by atoms with Gasteiger partial charge in [0.1, 0.15) is 11.3 Å². The summed E-state index contributed by atoms with van der Waals surface area (Å²) in [5, 5.41) is 3.73. The Morgan fingerprint density at radius 2 is 2.26 bits per heavy atom. The molecule has 0 saturated heterocycles. The molecule has 0 amide bonds. The molecule has 5 nitrogen and oxygen atoms in total. The first kappa shape index (κ1) is 13.2. The number of nitrogens with zero attached hydrogens (tertiary/aromatic N) is 2. The van der Waals surface area contributed by atoms with Gasteiger partial charge >= 0.3 is 5.97 Å². The minimum atomic E-state index is -0.916. The van der Waals surface area contributed by atoms with Gasteiger partial charge in [-0.25, -0.2) is 9.18 Å². The molecule has 0 unspecified atom stereocenters.